The van der Waals surface area contributed by atoms with Gasteiger partial charge in [0.15, 0.2) is 0 Å². The number of carbonyl (C=O) groups excluding carboxylic acids is 2. The van der Waals surface area contributed by atoms with Crippen LogP contribution in [0.4, 0.5) is 16.1 Å². The average Bonchev–Trinajstić information content (AvgIpc) is 3.29. The van der Waals surface area contributed by atoms with Crippen LogP contribution in [-0.2, 0) is 20.4 Å². The van der Waals surface area contributed by atoms with Gasteiger partial charge in [0.1, 0.15) is 0 Å². The molecule has 2 aromatic heterocycles. The van der Waals surface area contributed by atoms with Crippen molar-refractivity contribution in [3.63, 3.8) is 0 Å². The normalized spacial score (nSPS) is 19.2. The molecule has 3 aliphatic rings. The third-order valence-electron chi connectivity index (χ3n) is 7.82. The molecule has 2 amide bonds. The van der Waals surface area contributed by atoms with Crippen LogP contribution in [0.1, 0.15) is 54.4 Å². The summed E-state index contributed by atoms with van der Waals surface area (Å²) in [6.45, 7) is 9.05. The molecule has 6 rings (SSSR count). The quantitative estimate of drug-likeness (QED) is 0.190. The van der Waals surface area contributed by atoms with Gasteiger partial charge in [-0.25, -0.2) is 0 Å². The predicted molar refractivity (Wildman–Crippen MR) is 146 cm³/mol. The van der Waals surface area contributed by atoms with Crippen molar-refractivity contribution in [2.45, 2.75) is 38.5 Å². The Hall–Kier alpha value is -3.06. The number of rotatable bonds is 1. The Morgan fingerprint density at radius 2 is 1.47 bits per heavy atom. The van der Waals surface area contributed by atoms with Crippen LogP contribution in [0.15, 0.2) is 48.2 Å². The van der Waals surface area contributed by atoms with E-state index in [1.807, 2.05) is 12.3 Å². The zero-order chi connectivity index (χ0) is 25.7. The topological polar surface area (TPSA) is 56.8 Å². The van der Waals surface area contributed by atoms with Gasteiger partial charge in [-0.3, -0.25) is 0 Å². The van der Waals surface area contributed by atoms with Crippen LogP contribution in [0.2, 0.25) is 0 Å². The molecule has 0 spiro atoms. The van der Waals surface area contributed by atoms with Gasteiger partial charge < -0.3 is 0 Å². The Morgan fingerprint density at radius 3 is 2.11 bits per heavy atom. The number of pyridine rings is 1. The van der Waals surface area contributed by atoms with Gasteiger partial charge in [0.05, 0.1) is 0 Å². The zero-order valence-corrected chi connectivity index (χ0v) is 23.6. The molecule has 0 unspecified atom stereocenters. The fourth-order valence-corrected chi connectivity index (χ4v) is 8.48. The molecule has 0 radical (unpaired) electrons. The molecule has 6 nitrogen and oxygen atoms in total. The number of hydrogen-bond donors (Lipinski definition) is 0. The van der Waals surface area contributed by atoms with E-state index in [-0.39, 0.29) is 47.8 Å². The third-order valence-corrected chi connectivity index (χ3v) is 10.6. The van der Waals surface area contributed by atoms with E-state index in [1.54, 1.807) is 20.2 Å². The monoisotopic (exact) mass is 562 g/mol. The minimum atomic E-state index is -0.360. The van der Waals surface area contributed by atoms with Gasteiger partial charge in [0.2, 0.25) is 0 Å². The molecular weight excluding hydrogens is 535 g/mol. The number of thiocarbonyl (C=S) groups is 1. The predicted octanol–water partition coefficient (Wildman–Crippen LogP) is 4.49. The number of likely N-dealkylation sites (N-methyl/N-ethyl adjacent to an activating group) is 2. The van der Waals surface area contributed by atoms with Crippen LogP contribution in [0.3, 0.4) is 0 Å². The second-order valence-electron chi connectivity index (χ2n) is 10.6. The molecule has 0 aliphatic carbocycles. The van der Waals surface area contributed by atoms with Crippen molar-refractivity contribution in [2.24, 2.45) is 0 Å². The van der Waals surface area contributed by atoms with Crippen LogP contribution in [-0.4, -0.2) is 60.3 Å². The zero-order valence-electron chi connectivity index (χ0n) is 21.0. The number of nitrogens with zero attached hydrogens (tertiary/aromatic N) is 4. The molecule has 3 aliphatic heterocycles. The average molecular weight is 562 g/mol. The summed E-state index contributed by atoms with van der Waals surface area (Å²) in [5.74, 6) is 0.242. The van der Waals surface area contributed by atoms with E-state index in [0.717, 1.165) is 10.3 Å². The summed E-state index contributed by atoms with van der Waals surface area (Å²) in [6.07, 6.45) is 3.63. The van der Waals surface area contributed by atoms with E-state index in [1.165, 1.54) is 42.3 Å². The van der Waals surface area contributed by atoms with Crippen molar-refractivity contribution in [3.8, 4) is 0 Å². The maximum absolute atomic E-state index is 13.0. The Kier molecular flexibility index (Phi) is 4.85. The van der Waals surface area contributed by atoms with Crippen LogP contribution in [0.5, 0.6) is 0 Å². The molecule has 1 fully saturated rings. The summed E-state index contributed by atoms with van der Waals surface area (Å²) in [7, 11) is 3.22. The van der Waals surface area contributed by atoms with Crippen molar-refractivity contribution < 1.29 is 9.59 Å². The molecule has 3 aromatic rings. The Bertz CT molecular complexity index is 1520. The van der Waals surface area contributed by atoms with Gasteiger partial charge in [-0.2, -0.15) is 0 Å². The SMILES string of the molecule is CN1C(=O)C(=Cc2cc3c([se]2)N2c4ncccc4C(C)(C)c4cccc(c42)C3(C)C)C(=O)N(C)C1=S. The van der Waals surface area contributed by atoms with E-state index in [4.69, 9.17) is 17.2 Å². The Balaban J connectivity index is 1.59. The minimum absolute atomic E-state index is 0.129. The number of aromatic nitrogens is 1. The van der Waals surface area contributed by atoms with Gasteiger partial charge in [-0.15, -0.1) is 0 Å². The molecule has 0 bridgehead atoms. The summed E-state index contributed by atoms with van der Waals surface area (Å²) in [5.41, 5.74) is 5.90. The Morgan fingerprint density at radius 1 is 0.889 bits per heavy atom. The number of para-hydroxylation sites is 1. The summed E-state index contributed by atoms with van der Waals surface area (Å²) < 4.78 is 2.20. The first kappa shape index (κ1) is 23.3. The van der Waals surface area contributed by atoms with Gasteiger partial charge in [-0.1, -0.05) is 0 Å². The van der Waals surface area contributed by atoms with Crippen molar-refractivity contribution in [2.75, 3.05) is 19.0 Å². The van der Waals surface area contributed by atoms with Crippen LogP contribution >= 0.6 is 12.2 Å². The fraction of sp³-hybridized carbons (Fsp3) is 0.286. The van der Waals surface area contributed by atoms with Crippen LogP contribution in [0, 0.1) is 0 Å². The first-order chi connectivity index (χ1) is 17.0. The van der Waals surface area contributed by atoms with Crippen LogP contribution < -0.4 is 4.90 Å². The molecule has 1 aromatic carbocycles. The van der Waals surface area contributed by atoms with Crippen LogP contribution in [0.25, 0.3) is 6.08 Å². The molecule has 36 heavy (non-hydrogen) atoms. The summed E-state index contributed by atoms with van der Waals surface area (Å²) in [4.78, 5) is 35.9. The van der Waals surface area contributed by atoms with Gasteiger partial charge in [0.25, 0.3) is 0 Å². The van der Waals surface area contributed by atoms with E-state index in [2.05, 4.69) is 62.9 Å². The Labute approximate surface area is 222 Å². The number of fused-ring (bicyclic) bond motifs is 4. The van der Waals surface area contributed by atoms with Crippen molar-refractivity contribution >= 4 is 65.8 Å². The van der Waals surface area contributed by atoms with Gasteiger partial charge in [-0.05, 0) is 0 Å². The van der Waals surface area contributed by atoms with Crippen molar-refractivity contribution in [3.05, 3.63) is 74.9 Å². The number of amides is 2. The molecule has 5 heterocycles. The van der Waals surface area contributed by atoms with E-state index >= 15 is 0 Å². The van der Waals surface area contributed by atoms with E-state index in [0.29, 0.717) is 0 Å². The first-order valence-electron chi connectivity index (χ1n) is 11.8. The van der Waals surface area contributed by atoms with E-state index < -0.39 is 0 Å². The van der Waals surface area contributed by atoms with E-state index in [9.17, 15) is 9.59 Å². The summed E-state index contributed by atoms with van der Waals surface area (Å²) >= 11 is 5.12. The van der Waals surface area contributed by atoms with Crippen molar-refractivity contribution in [1.82, 2.24) is 14.8 Å². The molecule has 0 atom stereocenters. The number of hydrogen-bond acceptors (Lipinski definition) is 5. The molecule has 0 saturated carbocycles. The summed E-state index contributed by atoms with van der Waals surface area (Å²) in [5, 5.41) is 0.216. The molecule has 0 N–H and O–H groups in total. The number of carbonyl (C=O) groups is 2. The number of anilines is 3. The third kappa shape index (κ3) is 2.89. The standard InChI is InChI=1S/C28H26N4O2SSe/c1-27(2)17-9-7-10-18-21(17)32(22-19(27)11-8-12-29-22)25-20(28(18,3)4)14-15(36-25)13-16-23(33)30(5)26(35)31(6)24(16)34/h7-14H,1-6H3. The second-order valence-corrected chi connectivity index (χ2v) is 13.2. The second kappa shape index (κ2) is 7.48. The van der Waals surface area contributed by atoms with Gasteiger partial charge >= 0.3 is 223 Å². The van der Waals surface area contributed by atoms with Gasteiger partial charge in [0, 0.05) is 0 Å². The molecule has 1 saturated heterocycles. The fourth-order valence-electron chi connectivity index (χ4n) is 5.65. The number of benzene rings is 1. The maximum atomic E-state index is 13.0. The molecule has 8 heteroatoms. The summed E-state index contributed by atoms with van der Waals surface area (Å²) in [6, 6.07) is 13.0. The molecule has 182 valence electrons. The first-order valence-corrected chi connectivity index (χ1v) is 13.9. The van der Waals surface area contributed by atoms with Crippen molar-refractivity contribution in [1.29, 1.82) is 0 Å². The molecular formula is C28H26N4O2SSe.